The number of carbonyl (C=O) groups is 1. The molecule has 2 aromatic rings. The van der Waals surface area contributed by atoms with Gasteiger partial charge >= 0.3 is 0 Å². The molecule has 0 aliphatic rings. The van der Waals surface area contributed by atoms with Crippen LogP contribution in [0.25, 0.3) is 0 Å². The normalized spacial score (nSPS) is 10.1. The third-order valence-electron chi connectivity index (χ3n) is 2.42. The second kappa shape index (κ2) is 5.56. The van der Waals surface area contributed by atoms with E-state index in [-0.39, 0.29) is 5.75 Å². The molecule has 4 heteroatoms. The number of benzene rings is 2. The van der Waals surface area contributed by atoms with Gasteiger partial charge in [0.25, 0.3) is 5.24 Å². The minimum atomic E-state index is -0.471. The first-order valence-corrected chi connectivity index (χ1v) is 5.73. The highest BCUT2D eigenvalue weighted by Gasteiger charge is 2.01. The molecule has 18 heavy (non-hydrogen) atoms. The van der Waals surface area contributed by atoms with Crippen LogP contribution in [0.5, 0.6) is 11.5 Å². The Morgan fingerprint density at radius 2 is 1.67 bits per heavy atom. The topological polar surface area (TPSA) is 46.5 Å². The van der Waals surface area contributed by atoms with E-state index in [9.17, 15) is 4.79 Å². The minimum absolute atomic E-state index is 0.201. The van der Waals surface area contributed by atoms with Crippen LogP contribution in [0.1, 0.15) is 15.9 Å². The van der Waals surface area contributed by atoms with Crippen LogP contribution in [0.3, 0.4) is 0 Å². The van der Waals surface area contributed by atoms with Crippen molar-refractivity contribution in [3.8, 4) is 11.5 Å². The van der Waals surface area contributed by atoms with Crippen LogP contribution in [-0.2, 0) is 6.61 Å². The first kappa shape index (κ1) is 12.5. The molecule has 92 valence electrons. The number of hydrogen-bond donors (Lipinski definition) is 1. The molecular weight excluding hydrogens is 252 g/mol. The Kier molecular flexibility index (Phi) is 3.85. The van der Waals surface area contributed by atoms with Gasteiger partial charge in [-0.05, 0) is 53.6 Å². The summed E-state index contributed by atoms with van der Waals surface area (Å²) in [7, 11) is 0. The monoisotopic (exact) mass is 262 g/mol. The van der Waals surface area contributed by atoms with Crippen molar-refractivity contribution < 1.29 is 14.6 Å². The zero-order valence-electron chi connectivity index (χ0n) is 9.47. The Morgan fingerprint density at radius 3 is 2.22 bits per heavy atom. The molecule has 0 fully saturated rings. The van der Waals surface area contributed by atoms with Gasteiger partial charge in [0.15, 0.2) is 0 Å². The average molecular weight is 263 g/mol. The van der Waals surface area contributed by atoms with Crippen molar-refractivity contribution in [2.75, 3.05) is 0 Å². The maximum Gasteiger partial charge on any atom is 0.252 e. The van der Waals surface area contributed by atoms with Crippen LogP contribution in [0.4, 0.5) is 0 Å². The lowest BCUT2D eigenvalue weighted by molar-refractivity contribution is 0.108. The summed E-state index contributed by atoms with van der Waals surface area (Å²) < 4.78 is 5.52. The van der Waals surface area contributed by atoms with Crippen molar-refractivity contribution in [3.63, 3.8) is 0 Å². The zero-order chi connectivity index (χ0) is 13.0. The van der Waals surface area contributed by atoms with Gasteiger partial charge in [-0.2, -0.15) is 0 Å². The Hall–Kier alpha value is -2.00. The van der Waals surface area contributed by atoms with Gasteiger partial charge in [0, 0.05) is 5.56 Å². The van der Waals surface area contributed by atoms with Gasteiger partial charge in [-0.15, -0.1) is 0 Å². The number of carbonyl (C=O) groups excluding carboxylic acids is 1. The molecule has 0 unspecified atom stereocenters. The summed E-state index contributed by atoms with van der Waals surface area (Å²) in [6, 6.07) is 13.4. The van der Waals surface area contributed by atoms with E-state index in [1.165, 1.54) is 0 Å². The lowest BCUT2D eigenvalue weighted by atomic mass is 10.1. The summed E-state index contributed by atoms with van der Waals surface area (Å²) in [6.45, 7) is 0.390. The number of ether oxygens (including phenoxy) is 1. The quantitative estimate of drug-likeness (QED) is 0.860. The maximum atomic E-state index is 10.9. The van der Waals surface area contributed by atoms with E-state index in [0.29, 0.717) is 17.9 Å². The number of phenols is 1. The highest BCUT2D eigenvalue weighted by atomic mass is 35.5. The first-order chi connectivity index (χ1) is 8.65. The Bertz CT molecular complexity index is 532. The molecule has 0 aliphatic heterocycles. The van der Waals surface area contributed by atoms with Crippen molar-refractivity contribution in [2.45, 2.75) is 6.61 Å². The molecule has 0 bridgehead atoms. The van der Waals surface area contributed by atoms with Gasteiger partial charge < -0.3 is 9.84 Å². The van der Waals surface area contributed by atoms with E-state index in [4.69, 9.17) is 21.4 Å². The lowest BCUT2D eigenvalue weighted by Gasteiger charge is -2.06. The molecule has 0 atom stereocenters. The molecule has 0 amide bonds. The maximum absolute atomic E-state index is 10.9. The molecule has 0 spiro atoms. The third kappa shape index (κ3) is 3.25. The van der Waals surface area contributed by atoms with E-state index in [1.54, 1.807) is 48.5 Å². The standard InChI is InChI=1S/C14H11ClO3/c15-14(17)11-3-1-10(2-4-11)9-18-13-7-5-12(16)6-8-13/h1-8,16H,9H2. The molecule has 3 nitrogen and oxygen atoms in total. The number of phenolic OH excluding ortho intramolecular Hbond substituents is 1. The molecule has 1 N–H and O–H groups in total. The number of halogens is 1. The summed E-state index contributed by atoms with van der Waals surface area (Å²) >= 11 is 5.35. The molecule has 0 aromatic heterocycles. The Balaban J connectivity index is 1.97. The highest BCUT2D eigenvalue weighted by molar-refractivity contribution is 6.67. The van der Waals surface area contributed by atoms with Crippen LogP contribution in [-0.4, -0.2) is 10.3 Å². The summed E-state index contributed by atoms with van der Waals surface area (Å²) in [6.07, 6.45) is 0. The molecule has 0 saturated carbocycles. The SMILES string of the molecule is O=C(Cl)c1ccc(COc2ccc(O)cc2)cc1. The van der Waals surface area contributed by atoms with E-state index in [0.717, 1.165) is 5.56 Å². The van der Waals surface area contributed by atoms with Gasteiger partial charge in [-0.3, -0.25) is 4.79 Å². The summed E-state index contributed by atoms with van der Waals surface area (Å²) in [5, 5.41) is 8.65. The first-order valence-electron chi connectivity index (χ1n) is 5.36. The molecular formula is C14H11ClO3. The second-order valence-electron chi connectivity index (χ2n) is 3.75. The highest BCUT2D eigenvalue weighted by Crippen LogP contribution is 2.17. The van der Waals surface area contributed by atoms with Crippen molar-refractivity contribution in [2.24, 2.45) is 0 Å². The van der Waals surface area contributed by atoms with E-state index >= 15 is 0 Å². The number of hydrogen-bond acceptors (Lipinski definition) is 3. The fraction of sp³-hybridized carbons (Fsp3) is 0.0714. The largest absolute Gasteiger partial charge is 0.508 e. The number of aromatic hydroxyl groups is 1. The summed E-state index contributed by atoms with van der Waals surface area (Å²) in [5.74, 6) is 0.873. The van der Waals surface area contributed by atoms with Crippen LogP contribution in [0.15, 0.2) is 48.5 Å². The minimum Gasteiger partial charge on any atom is -0.508 e. The predicted molar refractivity (Wildman–Crippen MR) is 69.1 cm³/mol. The molecule has 0 heterocycles. The van der Waals surface area contributed by atoms with Gasteiger partial charge in [0.1, 0.15) is 18.1 Å². The van der Waals surface area contributed by atoms with Gasteiger partial charge in [0.2, 0.25) is 0 Å². The van der Waals surface area contributed by atoms with Crippen LogP contribution < -0.4 is 4.74 Å². The third-order valence-corrected chi connectivity index (χ3v) is 2.64. The Morgan fingerprint density at radius 1 is 1.06 bits per heavy atom. The van der Waals surface area contributed by atoms with Gasteiger partial charge in [-0.25, -0.2) is 0 Å². The van der Waals surface area contributed by atoms with Crippen molar-refractivity contribution >= 4 is 16.8 Å². The predicted octanol–water partition coefficient (Wildman–Crippen LogP) is 3.35. The van der Waals surface area contributed by atoms with Crippen molar-refractivity contribution in [1.82, 2.24) is 0 Å². The van der Waals surface area contributed by atoms with Crippen LogP contribution >= 0.6 is 11.6 Å². The van der Waals surface area contributed by atoms with Crippen molar-refractivity contribution in [1.29, 1.82) is 0 Å². The van der Waals surface area contributed by atoms with E-state index in [2.05, 4.69) is 0 Å². The molecule has 2 aromatic carbocycles. The smallest absolute Gasteiger partial charge is 0.252 e. The second-order valence-corrected chi connectivity index (χ2v) is 4.10. The van der Waals surface area contributed by atoms with E-state index < -0.39 is 5.24 Å². The lowest BCUT2D eigenvalue weighted by Crippen LogP contribution is -1.96. The summed E-state index contributed by atoms with van der Waals surface area (Å²) in [5.41, 5.74) is 1.40. The number of rotatable bonds is 4. The molecule has 0 radical (unpaired) electrons. The molecule has 0 saturated heterocycles. The zero-order valence-corrected chi connectivity index (χ0v) is 10.2. The summed E-state index contributed by atoms with van der Waals surface area (Å²) in [4.78, 5) is 10.9. The molecule has 0 aliphatic carbocycles. The molecule has 2 rings (SSSR count). The fourth-order valence-electron chi connectivity index (χ4n) is 1.44. The van der Waals surface area contributed by atoms with Gasteiger partial charge in [0.05, 0.1) is 0 Å². The van der Waals surface area contributed by atoms with Crippen molar-refractivity contribution in [3.05, 3.63) is 59.7 Å². The van der Waals surface area contributed by atoms with Gasteiger partial charge in [-0.1, -0.05) is 12.1 Å². The van der Waals surface area contributed by atoms with Crippen LogP contribution in [0, 0.1) is 0 Å². The average Bonchev–Trinajstić information content (AvgIpc) is 2.38. The van der Waals surface area contributed by atoms with E-state index in [1.807, 2.05) is 0 Å². The van der Waals surface area contributed by atoms with Crippen LogP contribution in [0.2, 0.25) is 0 Å². The Labute approximate surface area is 110 Å². The fourth-order valence-corrected chi connectivity index (χ4v) is 1.57.